The summed E-state index contributed by atoms with van der Waals surface area (Å²) >= 11 is 0. The number of H-pyrrole nitrogens is 1. The Morgan fingerprint density at radius 2 is 1.90 bits per heavy atom. The highest BCUT2D eigenvalue weighted by atomic mass is 19.4. The van der Waals surface area contributed by atoms with Crippen molar-refractivity contribution in [3.63, 3.8) is 0 Å². The largest absolute Gasteiger partial charge is 0.433 e. The second-order valence-corrected chi connectivity index (χ2v) is 7.68. The monoisotopic (exact) mass is 428 g/mol. The average Bonchev–Trinajstić information content (AvgIpc) is 3.19. The molecule has 0 bridgehead atoms. The lowest BCUT2D eigenvalue weighted by molar-refractivity contribution is -0.141. The number of nitrogens with zero attached hydrogens (tertiary/aromatic N) is 5. The van der Waals surface area contributed by atoms with Gasteiger partial charge >= 0.3 is 6.18 Å². The van der Waals surface area contributed by atoms with E-state index in [1.54, 1.807) is 0 Å². The number of benzene rings is 1. The third-order valence-electron chi connectivity index (χ3n) is 5.64. The van der Waals surface area contributed by atoms with Crippen molar-refractivity contribution in [2.24, 2.45) is 0 Å². The summed E-state index contributed by atoms with van der Waals surface area (Å²) in [5.41, 5.74) is 2.03. The Balaban J connectivity index is 1.24. The average molecular weight is 428 g/mol. The smallest absolute Gasteiger partial charge is 0.361 e. The fourth-order valence-electron chi connectivity index (χ4n) is 3.92. The highest BCUT2D eigenvalue weighted by Crippen LogP contribution is 2.28. The zero-order valence-electron chi connectivity index (χ0n) is 17.0. The summed E-state index contributed by atoms with van der Waals surface area (Å²) in [5.74, 6) is 0.146. The quantitative estimate of drug-likeness (QED) is 0.458. The van der Waals surface area contributed by atoms with Gasteiger partial charge in [-0.05, 0) is 55.0 Å². The summed E-state index contributed by atoms with van der Waals surface area (Å²) in [6.07, 6.45) is 1.75. The third-order valence-corrected chi connectivity index (χ3v) is 5.64. The molecule has 1 N–H and O–H groups in total. The molecule has 1 aliphatic rings. The van der Waals surface area contributed by atoms with Crippen LogP contribution in [0.15, 0.2) is 36.7 Å². The van der Waals surface area contributed by atoms with Crippen LogP contribution < -0.4 is 4.90 Å². The molecule has 1 fully saturated rings. The van der Waals surface area contributed by atoms with E-state index in [4.69, 9.17) is 6.57 Å². The molecule has 162 valence electrons. The molecule has 3 heterocycles. The number of aryl methyl sites for hydroxylation is 1. The number of piperazine rings is 1. The maximum absolute atomic E-state index is 12.9. The standard InChI is InChI=1S/C22H23F3N6/c1-26-17-5-6-19-18(14-17)16(15-28-19)4-2-3-9-30-10-12-31(13-11-30)21-27-8-7-20(29-21)22(23,24)25/h5-8,14-15,28H,2-4,9-13H2. The molecule has 31 heavy (non-hydrogen) atoms. The molecule has 0 atom stereocenters. The minimum absolute atomic E-state index is 0.146. The van der Waals surface area contributed by atoms with E-state index in [2.05, 4.69) is 24.7 Å². The maximum atomic E-state index is 12.9. The molecule has 3 aromatic rings. The second-order valence-electron chi connectivity index (χ2n) is 7.68. The number of aromatic amines is 1. The van der Waals surface area contributed by atoms with Crippen LogP contribution in [0.25, 0.3) is 15.7 Å². The predicted octanol–water partition coefficient (Wildman–Crippen LogP) is 4.67. The topological polar surface area (TPSA) is 52.4 Å². The molecule has 1 aliphatic heterocycles. The molecule has 0 radical (unpaired) electrons. The van der Waals surface area contributed by atoms with Gasteiger partial charge in [-0.25, -0.2) is 14.8 Å². The number of nitrogens with one attached hydrogen (secondary N) is 1. The number of fused-ring (bicyclic) bond motifs is 1. The van der Waals surface area contributed by atoms with Crippen LogP contribution in [-0.2, 0) is 12.6 Å². The zero-order valence-corrected chi connectivity index (χ0v) is 17.0. The highest BCUT2D eigenvalue weighted by molar-refractivity contribution is 5.86. The Morgan fingerprint density at radius 1 is 1.10 bits per heavy atom. The van der Waals surface area contributed by atoms with E-state index in [1.165, 1.54) is 11.8 Å². The van der Waals surface area contributed by atoms with Gasteiger partial charge in [-0.15, -0.1) is 0 Å². The number of rotatable bonds is 6. The third kappa shape index (κ3) is 4.97. The molecule has 0 aliphatic carbocycles. The lowest BCUT2D eigenvalue weighted by Gasteiger charge is -2.34. The van der Waals surface area contributed by atoms with E-state index in [1.807, 2.05) is 29.3 Å². The van der Waals surface area contributed by atoms with Crippen LogP contribution in [0.2, 0.25) is 0 Å². The highest BCUT2D eigenvalue weighted by Gasteiger charge is 2.33. The molecule has 0 spiro atoms. The molecule has 6 nitrogen and oxygen atoms in total. The molecule has 1 saturated heterocycles. The van der Waals surface area contributed by atoms with Crippen molar-refractivity contribution in [3.05, 3.63) is 59.3 Å². The van der Waals surface area contributed by atoms with E-state index in [-0.39, 0.29) is 5.95 Å². The van der Waals surface area contributed by atoms with Gasteiger partial charge in [0.15, 0.2) is 5.69 Å². The summed E-state index contributed by atoms with van der Waals surface area (Å²) < 4.78 is 38.6. The van der Waals surface area contributed by atoms with E-state index in [0.717, 1.165) is 55.9 Å². The Kier molecular flexibility index (Phi) is 6.09. The van der Waals surface area contributed by atoms with Crippen LogP contribution >= 0.6 is 0 Å². The van der Waals surface area contributed by atoms with Gasteiger partial charge in [0.25, 0.3) is 0 Å². The number of aromatic nitrogens is 3. The van der Waals surface area contributed by atoms with Crippen LogP contribution in [0.1, 0.15) is 24.1 Å². The number of hydrogen-bond donors (Lipinski definition) is 1. The number of halogens is 3. The summed E-state index contributed by atoms with van der Waals surface area (Å²) in [4.78, 5) is 18.6. The molecule has 0 amide bonds. The second kappa shape index (κ2) is 8.94. The van der Waals surface area contributed by atoms with Gasteiger partial charge in [0.1, 0.15) is 5.69 Å². The summed E-state index contributed by atoms with van der Waals surface area (Å²) in [5, 5.41) is 1.11. The van der Waals surface area contributed by atoms with Gasteiger partial charge in [0.2, 0.25) is 5.95 Å². The van der Waals surface area contributed by atoms with E-state index in [0.29, 0.717) is 18.8 Å². The van der Waals surface area contributed by atoms with Crippen molar-refractivity contribution in [1.29, 1.82) is 0 Å². The molecule has 1 aromatic carbocycles. The molecule has 2 aromatic heterocycles. The summed E-state index contributed by atoms with van der Waals surface area (Å²) in [6.45, 7) is 10.9. The minimum atomic E-state index is -4.46. The number of unbranched alkanes of at least 4 members (excludes halogenated alkanes) is 1. The van der Waals surface area contributed by atoms with Crippen molar-refractivity contribution in [1.82, 2.24) is 19.9 Å². The fraction of sp³-hybridized carbons (Fsp3) is 0.409. The van der Waals surface area contributed by atoms with Crippen molar-refractivity contribution >= 4 is 22.5 Å². The Bertz CT molecular complexity index is 1080. The SMILES string of the molecule is [C-]#[N+]c1ccc2[nH]cc(CCCCN3CCN(c4nccc(C(F)(F)F)n4)CC3)c2c1. The van der Waals surface area contributed by atoms with Crippen LogP contribution in [0.4, 0.5) is 24.8 Å². The van der Waals surface area contributed by atoms with Gasteiger partial charge in [-0.3, -0.25) is 4.90 Å². The maximum Gasteiger partial charge on any atom is 0.433 e. The molecular formula is C22H23F3N6. The van der Waals surface area contributed by atoms with Gasteiger partial charge < -0.3 is 9.88 Å². The lowest BCUT2D eigenvalue weighted by atomic mass is 10.1. The molecule has 4 rings (SSSR count). The summed E-state index contributed by atoms with van der Waals surface area (Å²) in [6, 6.07) is 6.60. The lowest BCUT2D eigenvalue weighted by Crippen LogP contribution is -2.47. The van der Waals surface area contributed by atoms with Crippen LogP contribution in [0, 0.1) is 6.57 Å². The molecular weight excluding hydrogens is 405 g/mol. The molecule has 0 unspecified atom stereocenters. The van der Waals surface area contributed by atoms with Crippen molar-refractivity contribution in [2.45, 2.75) is 25.4 Å². The van der Waals surface area contributed by atoms with Crippen molar-refractivity contribution in [3.8, 4) is 0 Å². The van der Waals surface area contributed by atoms with Gasteiger partial charge in [-0.1, -0.05) is 6.07 Å². The first-order valence-corrected chi connectivity index (χ1v) is 10.3. The van der Waals surface area contributed by atoms with Crippen LogP contribution in [0.5, 0.6) is 0 Å². The Hall–Kier alpha value is -3.12. The Morgan fingerprint density at radius 3 is 2.65 bits per heavy atom. The normalized spacial score (nSPS) is 15.4. The van der Waals surface area contributed by atoms with Crippen molar-refractivity contribution in [2.75, 3.05) is 37.6 Å². The number of hydrogen-bond acceptors (Lipinski definition) is 4. The first-order valence-electron chi connectivity index (χ1n) is 10.3. The van der Waals surface area contributed by atoms with Crippen molar-refractivity contribution < 1.29 is 13.2 Å². The van der Waals surface area contributed by atoms with E-state index in [9.17, 15) is 13.2 Å². The summed E-state index contributed by atoms with van der Waals surface area (Å²) in [7, 11) is 0. The van der Waals surface area contributed by atoms with Gasteiger partial charge in [0, 0.05) is 44.1 Å². The Labute approximate surface area is 178 Å². The van der Waals surface area contributed by atoms with Crippen LogP contribution in [0.3, 0.4) is 0 Å². The fourth-order valence-corrected chi connectivity index (χ4v) is 3.92. The predicted molar refractivity (Wildman–Crippen MR) is 113 cm³/mol. The minimum Gasteiger partial charge on any atom is -0.361 e. The van der Waals surface area contributed by atoms with Gasteiger partial charge in [0.05, 0.1) is 6.57 Å². The van der Waals surface area contributed by atoms with E-state index < -0.39 is 11.9 Å². The first-order chi connectivity index (χ1) is 14.9. The zero-order chi connectivity index (χ0) is 21.8. The molecule has 0 saturated carbocycles. The van der Waals surface area contributed by atoms with Crippen LogP contribution in [-0.4, -0.2) is 52.6 Å². The number of anilines is 1. The first kappa shape index (κ1) is 21.1. The van der Waals surface area contributed by atoms with Gasteiger partial charge in [-0.2, -0.15) is 13.2 Å². The molecule has 9 heteroatoms. The number of alkyl halides is 3. The van der Waals surface area contributed by atoms with E-state index >= 15 is 0 Å².